The predicted octanol–water partition coefficient (Wildman–Crippen LogP) is 1.23. The van der Waals surface area contributed by atoms with E-state index < -0.39 is 73.9 Å². The number of halogens is 1. The highest BCUT2D eigenvalue weighted by molar-refractivity contribution is 8.13. The molecule has 3 aromatic rings. The number of rotatable bonds is 5. The average Bonchev–Trinajstić information content (AvgIpc) is 3.73. The van der Waals surface area contributed by atoms with Crippen molar-refractivity contribution in [3.8, 4) is 0 Å². The third-order valence-electron chi connectivity index (χ3n) is 8.39. The van der Waals surface area contributed by atoms with Crippen LogP contribution in [-0.4, -0.2) is 87.4 Å². The standard InChI is InChI=1S/C13H18N2O5.C12H16N2O6.C7H7ClO2S/c1-4-7-9-10(20-13(2,3)19-9)11(18-7)15-6-5-8(16)14-12(15)17;1-12(2)19-8-6(5-15)18-10(9(8)20-12)14-4-3-7(16)13-11(14)17;1-6-2-4-7(5-3-6)11(8,9)10/h5-7,9-11H,4H2,1-3H3,(H,14,16,17);3-4,6,8-10,15H,5H2,1-2H3,(H,13,16,17);2-5H,1H3/t7-,9?,10+,11-;6-,8?,9+,10-;/m11./s1. The van der Waals surface area contributed by atoms with Gasteiger partial charge in [0.25, 0.3) is 20.2 Å². The number of H-pyrrole nitrogens is 2. The van der Waals surface area contributed by atoms with Crippen molar-refractivity contribution in [1.82, 2.24) is 19.1 Å². The highest BCUT2D eigenvalue weighted by Gasteiger charge is 2.56. The van der Waals surface area contributed by atoms with Crippen LogP contribution < -0.4 is 22.5 Å². The van der Waals surface area contributed by atoms with Gasteiger partial charge in [-0.05, 0) is 53.2 Å². The van der Waals surface area contributed by atoms with Gasteiger partial charge >= 0.3 is 11.4 Å². The number of fused-ring (bicyclic) bond motifs is 2. The molecule has 0 saturated carbocycles. The van der Waals surface area contributed by atoms with Crippen LogP contribution in [0.3, 0.4) is 0 Å². The lowest BCUT2D eigenvalue weighted by atomic mass is 10.1. The van der Waals surface area contributed by atoms with Gasteiger partial charge in [0, 0.05) is 35.2 Å². The van der Waals surface area contributed by atoms with Crippen molar-refractivity contribution < 1.29 is 41.9 Å². The molecular formula is C32H41ClN4O13S. The van der Waals surface area contributed by atoms with Gasteiger partial charge in [0.2, 0.25) is 0 Å². The van der Waals surface area contributed by atoms with Crippen LogP contribution in [0.1, 0.15) is 59.1 Å². The summed E-state index contributed by atoms with van der Waals surface area (Å²) in [6.07, 6.45) is -0.0696. The summed E-state index contributed by atoms with van der Waals surface area (Å²) in [5.74, 6) is -1.51. The lowest BCUT2D eigenvalue weighted by Gasteiger charge is -2.24. The van der Waals surface area contributed by atoms with E-state index in [9.17, 15) is 32.7 Å². The van der Waals surface area contributed by atoms with E-state index in [1.54, 1.807) is 26.0 Å². The molecule has 0 amide bonds. The molecule has 17 nitrogen and oxygen atoms in total. The van der Waals surface area contributed by atoms with Crippen LogP contribution in [0.4, 0.5) is 0 Å². The molecule has 280 valence electrons. The highest BCUT2D eigenvalue weighted by atomic mass is 35.7. The van der Waals surface area contributed by atoms with Crippen LogP contribution in [0.15, 0.2) is 72.9 Å². The van der Waals surface area contributed by atoms with E-state index in [2.05, 4.69) is 9.97 Å². The summed E-state index contributed by atoms with van der Waals surface area (Å²) in [7, 11) is 1.54. The number of aryl methyl sites for hydroxylation is 1. The molecule has 0 spiro atoms. The Bertz CT molecular complexity index is 1930. The van der Waals surface area contributed by atoms with E-state index in [4.69, 9.17) is 39.1 Å². The summed E-state index contributed by atoms with van der Waals surface area (Å²) in [6.45, 7) is 10.8. The number of nitrogens with one attached hydrogen (secondary N) is 2. The van der Waals surface area contributed by atoms with Gasteiger partial charge < -0.3 is 33.5 Å². The number of hydrogen-bond acceptors (Lipinski definition) is 13. The smallest absolute Gasteiger partial charge is 0.330 e. The van der Waals surface area contributed by atoms with Gasteiger partial charge in [0.05, 0.1) is 17.6 Å². The largest absolute Gasteiger partial charge is 0.394 e. The number of ether oxygens (including phenoxy) is 6. The first-order chi connectivity index (χ1) is 23.8. The fourth-order valence-corrected chi connectivity index (χ4v) is 6.97. The molecule has 51 heavy (non-hydrogen) atoms. The number of aromatic amines is 2. The second-order valence-corrected chi connectivity index (χ2v) is 15.7. The number of aliphatic hydroxyl groups is 1. The minimum atomic E-state index is -3.55. The van der Waals surface area contributed by atoms with Gasteiger partial charge in [-0.2, -0.15) is 0 Å². The zero-order valence-corrected chi connectivity index (χ0v) is 30.3. The minimum Gasteiger partial charge on any atom is -0.394 e. The van der Waals surface area contributed by atoms with Crippen molar-refractivity contribution in [2.45, 2.75) is 114 Å². The van der Waals surface area contributed by atoms with E-state index in [-0.39, 0.29) is 29.8 Å². The van der Waals surface area contributed by atoms with Crippen molar-refractivity contribution in [2.24, 2.45) is 0 Å². The third kappa shape index (κ3) is 8.78. The van der Waals surface area contributed by atoms with Gasteiger partial charge in [-0.25, -0.2) is 18.0 Å². The summed E-state index contributed by atoms with van der Waals surface area (Å²) in [6, 6.07) is 8.90. The van der Waals surface area contributed by atoms with Crippen molar-refractivity contribution in [1.29, 1.82) is 0 Å². The molecule has 4 saturated heterocycles. The Kier molecular flexibility index (Phi) is 11.3. The van der Waals surface area contributed by atoms with E-state index in [1.807, 2.05) is 27.7 Å². The van der Waals surface area contributed by atoms with Gasteiger partial charge in [-0.3, -0.25) is 28.7 Å². The summed E-state index contributed by atoms with van der Waals surface area (Å²) in [5.41, 5.74) is -1.01. The van der Waals surface area contributed by atoms with Crippen molar-refractivity contribution >= 4 is 19.7 Å². The van der Waals surface area contributed by atoms with E-state index in [0.29, 0.717) is 0 Å². The first-order valence-corrected chi connectivity index (χ1v) is 18.4. The maximum absolute atomic E-state index is 11.9. The molecule has 19 heteroatoms. The minimum absolute atomic E-state index is 0.134. The summed E-state index contributed by atoms with van der Waals surface area (Å²) in [5, 5.41) is 9.36. The van der Waals surface area contributed by atoms with Crippen LogP contribution in [0, 0.1) is 6.92 Å². The zero-order chi connectivity index (χ0) is 37.5. The van der Waals surface area contributed by atoms with E-state index in [1.165, 1.54) is 45.8 Å². The van der Waals surface area contributed by atoms with E-state index >= 15 is 0 Å². The molecule has 1 aromatic carbocycles. The Morgan fingerprint density at radius 2 is 1.14 bits per heavy atom. The van der Waals surface area contributed by atoms with Crippen molar-refractivity contribution in [2.75, 3.05) is 6.61 Å². The Morgan fingerprint density at radius 1 is 0.725 bits per heavy atom. The molecule has 8 atom stereocenters. The van der Waals surface area contributed by atoms with Gasteiger partial charge in [-0.15, -0.1) is 0 Å². The Hall–Kier alpha value is -3.46. The molecule has 3 N–H and O–H groups in total. The fraction of sp³-hybridized carbons (Fsp3) is 0.562. The van der Waals surface area contributed by atoms with Gasteiger partial charge in [0.1, 0.15) is 30.5 Å². The van der Waals surface area contributed by atoms with Gasteiger partial charge in [0.15, 0.2) is 24.0 Å². The van der Waals surface area contributed by atoms with Crippen LogP contribution >= 0.6 is 10.7 Å². The molecule has 4 fully saturated rings. The maximum atomic E-state index is 11.9. The number of hydrogen-bond donors (Lipinski definition) is 3. The Balaban J connectivity index is 0.000000155. The number of nitrogens with zero attached hydrogens (tertiary/aromatic N) is 2. The maximum Gasteiger partial charge on any atom is 0.330 e. The third-order valence-corrected chi connectivity index (χ3v) is 9.76. The molecule has 7 rings (SSSR count). The summed E-state index contributed by atoms with van der Waals surface area (Å²) < 4.78 is 58.6. The molecule has 6 heterocycles. The van der Waals surface area contributed by atoms with Crippen molar-refractivity contribution in [3.63, 3.8) is 0 Å². The Morgan fingerprint density at radius 3 is 1.53 bits per heavy atom. The molecule has 0 radical (unpaired) electrons. The molecular weight excluding hydrogens is 716 g/mol. The second kappa shape index (κ2) is 14.9. The summed E-state index contributed by atoms with van der Waals surface area (Å²) in [4.78, 5) is 50.5. The predicted molar refractivity (Wildman–Crippen MR) is 180 cm³/mol. The average molecular weight is 757 g/mol. The van der Waals surface area contributed by atoms with Gasteiger partial charge in [-0.1, -0.05) is 24.6 Å². The molecule has 4 aliphatic heterocycles. The Labute approximate surface area is 296 Å². The molecule has 2 unspecified atom stereocenters. The normalized spacial score (nSPS) is 30.0. The first kappa shape index (κ1) is 38.8. The monoisotopic (exact) mass is 756 g/mol. The van der Waals surface area contributed by atoms with Crippen LogP contribution in [-0.2, 0) is 37.5 Å². The second-order valence-electron chi connectivity index (χ2n) is 13.1. The molecule has 4 aliphatic rings. The zero-order valence-electron chi connectivity index (χ0n) is 28.7. The topological polar surface area (TPSA) is 219 Å². The molecule has 0 bridgehead atoms. The highest BCUT2D eigenvalue weighted by Crippen LogP contribution is 2.44. The SMILES string of the molecule is CC1(C)OC2[C@@H](CO)O[C@@H](n3ccc(=O)[nH]c3=O)[C@H]2O1.CC[C@H]1O[C@@H](n2ccc(=O)[nH]c2=O)[C@H]2OC(C)(C)OC12.Cc1ccc(S(=O)(=O)Cl)cc1. The summed E-state index contributed by atoms with van der Waals surface area (Å²) >= 11 is 0. The van der Waals surface area contributed by atoms with Crippen LogP contribution in [0.25, 0.3) is 0 Å². The van der Waals surface area contributed by atoms with E-state index in [0.717, 1.165) is 12.0 Å². The number of benzene rings is 1. The lowest BCUT2D eigenvalue weighted by molar-refractivity contribution is -0.200. The lowest BCUT2D eigenvalue weighted by Crippen LogP contribution is -2.37. The quantitative estimate of drug-likeness (QED) is 0.313. The molecule has 2 aromatic heterocycles. The van der Waals surface area contributed by atoms with Crippen LogP contribution in [0.5, 0.6) is 0 Å². The van der Waals surface area contributed by atoms with Crippen molar-refractivity contribution in [3.05, 3.63) is 96.0 Å². The number of aromatic nitrogens is 4. The van der Waals surface area contributed by atoms with Crippen LogP contribution in [0.2, 0.25) is 0 Å². The fourth-order valence-electron chi connectivity index (χ4n) is 6.20. The first-order valence-electron chi connectivity index (χ1n) is 16.1. The number of aliphatic hydroxyl groups excluding tert-OH is 1. The molecule has 0 aliphatic carbocycles.